The predicted octanol–water partition coefficient (Wildman–Crippen LogP) is 1.35. The third-order valence-electron chi connectivity index (χ3n) is 3.67. The smallest absolute Gasteiger partial charge is 0.309 e. The van der Waals surface area contributed by atoms with Gasteiger partial charge in [-0.15, -0.1) is 5.10 Å². The number of anilines is 1. The maximum Gasteiger partial charge on any atom is 0.309 e. The molecule has 1 aliphatic rings. The van der Waals surface area contributed by atoms with Gasteiger partial charge in [-0.05, 0) is 31.4 Å². The van der Waals surface area contributed by atoms with Gasteiger partial charge in [0.05, 0.1) is 18.3 Å². The van der Waals surface area contributed by atoms with Crippen LogP contribution in [0.5, 0.6) is 0 Å². The van der Waals surface area contributed by atoms with Gasteiger partial charge in [0, 0.05) is 13.1 Å². The van der Waals surface area contributed by atoms with E-state index in [9.17, 15) is 4.79 Å². The Hall–Kier alpha value is -2.11. The van der Waals surface area contributed by atoms with Crippen LogP contribution in [0.4, 0.5) is 5.82 Å². The highest BCUT2D eigenvalue weighted by Crippen LogP contribution is 2.26. The number of fused-ring (bicyclic) bond motifs is 1. The molecule has 0 unspecified atom stereocenters. The van der Waals surface area contributed by atoms with Gasteiger partial charge in [0.2, 0.25) is 0 Å². The molecule has 0 bridgehead atoms. The first-order valence-electron chi connectivity index (χ1n) is 6.43. The van der Waals surface area contributed by atoms with Crippen LogP contribution in [0.2, 0.25) is 0 Å². The van der Waals surface area contributed by atoms with Crippen molar-refractivity contribution in [2.45, 2.75) is 31.7 Å². The minimum Gasteiger partial charge on any atom is -0.481 e. The number of aromatic nitrogens is 3. The Bertz CT molecular complexity index is 618. The second kappa shape index (κ2) is 4.53. The maximum atomic E-state index is 10.7. The van der Waals surface area contributed by atoms with E-state index in [1.165, 1.54) is 19.3 Å². The Morgan fingerprint density at radius 2 is 2.32 bits per heavy atom. The second-order valence-corrected chi connectivity index (χ2v) is 4.99. The molecule has 6 nitrogen and oxygen atoms in total. The molecule has 1 aliphatic carbocycles. The third-order valence-corrected chi connectivity index (χ3v) is 3.67. The van der Waals surface area contributed by atoms with Crippen LogP contribution >= 0.6 is 0 Å². The van der Waals surface area contributed by atoms with Crippen molar-refractivity contribution in [3.05, 3.63) is 24.0 Å². The molecule has 2 aromatic rings. The summed E-state index contributed by atoms with van der Waals surface area (Å²) in [7, 11) is 2.05. The van der Waals surface area contributed by atoms with E-state index >= 15 is 0 Å². The van der Waals surface area contributed by atoms with E-state index in [1.54, 1.807) is 10.7 Å². The lowest BCUT2D eigenvalue weighted by molar-refractivity contribution is -0.136. The molecule has 0 aromatic carbocycles. The normalized spacial score (nSPS) is 15.4. The highest BCUT2D eigenvalue weighted by molar-refractivity contribution is 5.69. The lowest BCUT2D eigenvalue weighted by atomic mass is 9.92. The van der Waals surface area contributed by atoms with Crippen molar-refractivity contribution < 1.29 is 9.90 Å². The number of hydrogen-bond acceptors (Lipinski definition) is 4. The molecule has 19 heavy (non-hydrogen) atoms. The molecule has 1 N–H and O–H groups in total. The number of carboxylic acids is 1. The number of carbonyl (C=O) groups is 1. The summed E-state index contributed by atoms with van der Waals surface area (Å²) >= 11 is 0. The molecule has 0 saturated heterocycles. The number of imidazole rings is 1. The zero-order valence-electron chi connectivity index (χ0n) is 10.8. The lowest BCUT2D eigenvalue weighted by Gasteiger charge is -2.35. The van der Waals surface area contributed by atoms with Gasteiger partial charge < -0.3 is 10.0 Å². The first-order valence-corrected chi connectivity index (χ1v) is 6.43. The summed E-state index contributed by atoms with van der Waals surface area (Å²) in [6.07, 6.45) is 5.32. The quantitative estimate of drug-likeness (QED) is 0.898. The van der Waals surface area contributed by atoms with Gasteiger partial charge in [-0.1, -0.05) is 0 Å². The van der Waals surface area contributed by atoms with Gasteiger partial charge >= 0.3 is 5.97 Å². The summed E-state index contributed by atoms with van der Waals surface area (Å²) < 4.78 is 1.66. The average Bonchev–Trinajstić information content (AvgIpc) is 2.66. The van der Waals surface area contributed by atoms with Crippen LogP contribution < -0.4 is 4.90 Å². The van der Waals surface area contributed by atoms with E-state index in [1.807, 2.05) is 19.2 Å². The van der Waals surface area contributed by atoms with Gasteiger partial charge in [-0.3, -0.25) is 4.79 Å². The monoisotopic (exact) mass is 260 g/mol. The van der Waals surface area contributed by atoms with E-state index in [2.05, 4.69) is 15.0 Å². The predicted molar refractivity (Wildman–Crippen MR) is 70.4 cm³/mol. The molecule has 100 valence electrons. The molecule has 0 amide bonds. The van der Waals surface area contributed by atoms with Crippen LogP contribution in [0.15, 0.2) is 18.3 Å². The molecule has 6 heteroatoms. The fourth-order valence-corrected chi connectivity index (χ4v) is 2.31. The van der Waals surface area contributed by atoms with Crippen molar-refractivity contribution in [2.75, 3.05) is 11.9 Å². The second-order valence-electron chi connectivity index (χ2n) is 4.99. The van der Waals surface area contributed by atoms with Crippen molar-refractivity contribution in [3.8, 4) is 0 Å². The number of aliphatic carboxylic acids is 1. The van der Waals surface area contributed by atoms with Crippen LogP contribution in [0.3, 0.4) is 0 Å². The van der Waals surface area contributed by atoms with Crippen molar-refractivity contribution in [3.63, 3.8) is 0 Å². The number of nitrogens with zero attached hydrogens (tertiary/aromatic N) is 4. The summed E-state index contributed by atoms with van der Waals surface area (Å²) in [5, 5.41) is 13.3. The third kappa shape index (κ3) is 2.25. The molecule has 0 aliphatic heterocycles. The fourth-order valence-electron chi connectivity index (χ4n) is 2.31. The molecule has 1 saturated carbocycles. The molecule has 0 spiro atoms. The molecular weight excluding hydrogens is 244 g/mol. The molecule has 0 radical (unpaired) electrons. The zero-order valence-corrected chi connectivity index (χ0v) is 10.8. The van der Waals surface area contributed by atoms with Crippen molar-refractivity contribution in [1.82, 2.24) is 14.6 Å². The van der Waals surface area contributed by atoms with Gasteiger partial charge in [0.1, 0.15) is 5.82 Å². The minimum atomic E-state index is -0.879. The molecule has 3 rings (SSSR count). The van der Waals surface area contributed by atoms with E-state index in [-0.39, 0.29) is 6.42 Å². The topological polar surface area (TPSA) is 70.7 Å². The van der Waals surface area contributed by atoms with Gasteiger partial charge in [0.15, 0.2) is 5.65 Å². The molecular formula is C13H16N4O2. The number of hydrogen-bond donors (Lipinski definition) is 1. The Morgan fingerprint density at radius 1 is 1.53 bits per heavy atom. The molecule has 0 atom stereocenters. The maximum absolute atomic E-state index is 10.7. The molecule has 2 aromatic heterocycles. The fraction of sp³-hybridized carbons (Fsp3) is 0.462. The Labute approximate surface area is 110 Å². The highest BCUT2D eigenvalue weighted by atomic mass is 16.4. The van der Waals surface area contributed by atoms with Crippen LogP contribution in [-0.4, -0.2) is 38.8 Å². The summed E-state index contributed by atoms with van der Waals surface area (Å²) in [5.74, 6) is 0.0201. The SMILES string of the molecule is CN(c1ccc2nc(CC(=O)O)cn2n1)C1CCC1. The summed E-state index contributed by atoms with van der Waals surface area (Å²) in [5.41, 5.74) is 1.21. The van der Waals surface area contributed by atoms with Crippen molar-refractivity contribution in [2.24, 2.45) is 0 Å². The van der Waals surface area contributed by atoms with Gasteiger partial charge in [0.25, 0.3) is 0 Å². The standard InChI is InChI=1S/C13H16N4O2/c1-16(10-3-2-4-10)12-6-5-11-14-9(7-13(18)19)8-17(11)15-12/h5-6,8,10H,2-4,7H2,1H3,(H,18,19). The number of rotatable bonds is 4. The van der Waals surface area contributed by atoms with Crippen LogP contribution in [-0.2, 0) is 11.2 Å². The van der Waals surface area contributed by atoms with Crippen molar-refractivity contribution in [1.29, 1.82) is 0 Å². The van der Waals surface area contributed by atoms with E-state index in [4.69, 9.17) is 5.11 Å². The zero-order chi connectivity index (χ0) is 13.4. The first kappa shape index (κ1) is 12.0. The van der Waals surface area contributed by atoms with Crippen LogP contribution in [0, 0.1) is 0 Å². The summed E-state index contributed by atoms with van der Waals surface area (Å²) in [6, 6.07) is 4.39. The van der Waals surface area contributed by atoms with Crippen molar-refractivity contribution >= 4 is 17.4 Å². The van der Waals surface area contributed by atoms with Gasteiger partial charge in [-0.2, -0.15) is 0 Å². The Balaban J connectivity index is 1.89. The van der Waals surface area contributed by atoms with Gasteiger partial charge in [-0.25, -0.2) is 9.50 Å². The van der Waals surface area contributed by atoms with E-state index in [0.717, 1.165) is 5.82 Å². The average molecular weight is 260 g/mol. The van der Waals surface area contributed by atoms with E-state index < -0.39 is 5.97 Å². The summed E-state index contributed by atoms with van der Waals surface area (Å²) in [6.45, 7) is 0. The minimum absolute atomic E-state index is 0.0723. The Morgan fingerprint density at radius 3 is 2.95 bits per heavy atom. The lowest BCUT2D eigenvalue weighted by Crippen LogP contribution is -2.37. The van der Waals surface area contributed by atoms with Crippen LogP contribution in [0.1, 0.15) is 25.0 Å². The molecule has 2 heterocycles. The largest absolute Gasteiger partial charge is 0.481 e. The number of carboxylic acid groups (broad SMARTS) is 1. The first-order chi connectivity index (χ1) is 9.13. The van der Waals surface area contributed by atoms with E-state index in [0.29, 0.717) is 17.4 Å². The molecule has 1 fully saturated rings. The van der Waals surface area contributed by atoms with Crippen LogP contribution in [0.25, 0.3) is 5.65 Å². The summed E-state index contributed by atoms with van der Waals surface area (Å²) in [4.78, 5) is 17.1. The Kier molecular flexibility index (Phi) is 2.85. The highest BCUT2D eigenvalue weighted by Gasteiger charge is 2.23.